The molecule has 0 fully saturated rings. The van der Waals surface area contributed by atoms with Gasteiger partial charge < -0.3 is 4.74 Å². The summed E-state index contributed by atoms with van der Waals surface area (Å²) in [5.41, 5.74) is 5.85. The fourth-order valence-corrected chi connectivity index (χ4v) is 5.01. The molecule has 0 saturated carbocycles. The summed E-state index contributed by atoms with van der Waals surface area (Å²) in [6.07, 6.45) is 2.78. The van der Waals surface area contributed by atoms with Crippen molar-refractivity contribution in [2.45, 2.75) is 59.6 Å². The van der Waals surface area contributed by atoms with Crippen molar-refractivity contribution in [2.75, 3.05) is 0 Å². The van der Waals surface area contributed by atoms with Gasteiger partial charge in [-0.05, 0) is 67.6 Å². The molecule has 0 bridgehead atoms. The summed E-state index contributed by atoms with van der Waals surface area (Å²) >= 11 is 0. The van der Waals surface area contributed by atoms with Crippen LogP contribution in [0.25, 0.3) is 33.6 Å². The van der Waals surface area contributed by atoms with Crippen LogP contribution < -0.4 is 21.2 Å². The zero-order chi connectivity index (χ0) is 28.9. The van der Waals surface area contributed by atoms with Crippen molar-refractivity contribution in [3.63, 3.8) is 0 Å². The molecule has 0 aliphatic rings. The maximum Gasteiger partial charge on any atom is 0.547 e. The monoisotopic (exact) mass is 551 g/mol. The highest BCUT2D eigenvalue weighted by atomic mass is 16.5. The van der Waals surface area contributed by atoms with Crippen LogP contribution in [-0.4, -0.2) is 20.6 Å². The molecule has 2 heterocycles. The zero-order valence-corrected chi connectivity index (χ0v) is 23.9. The number of ether oxygens (including phenoxy) is 1. The van der Waals surface area contributed by atoms with E-state index in [9.17, 15) is 9.59 Å². The minimum atomic E-state index is -0.541. The molecular weight excluding hydrogens is 516 g/mol. The molecule has 5 aromatic rings. The lowest BCUT2D eigenvalue weighted by atomic mass is 9.98. The van der Waals surface area contributed by atoms with Gasteiger partial charge in [-0.15, -0.1) is 0 Å². The van der Waals surface area contributed by atoms with E-state index >= 15 is 0 Å². The van der Waals surface area contributed by atoms with Crippen LogP contribution >= 0.6 is 0 Å². The first kappa shape index (κ1) is 27.8. The third-order valence-electron chi connectivity index (χ3n) is 6.97. The normalized spacial score (nSPS) is 11.2. The van der Waals surface area contributed by atoms with E-state index < -0.39 is 5.76 Å². The average molecular weight is 552 g/mol. The van der Waals surface area contributed by atoms with Crippen molar-refractivity contribution in [1.82, 2.24) is 14.5 Å². The molecule has 0 spiro atoms. The highest BCUT2D eigenvalue weighted by Gasteiger charge is 2.18. The zero-order valence-electron chi connectivity index (χ0n) is 23.9. The maximum atomic E-state index is 14.0. The molecule has 0 saturated heterocycles. The summed E-state index contributed by atoms with van der Waals surface area (Å²) in [6, 6.07) is 23.5. The van der Waals surface area contributed by atoms with Gasteiger partial charge in [-0.3, -0.25) is 9.36 Å². The number of hydrogen-bond donors (Lipinski definition) is 1. The number of benzene rings is 3. The van der Waals surface area contributed by atoms with Crippen LogP contribution in [0.2, 0.25) is 0 Å². The predicted molar refractivity (Wildman–Crippen MR) is 159 cm³/mol. The lowest BCUT2D eigenvalue weighted by Gasteiger charge is -2.17. The van der Waals surface area contributed by atoms with Gasteiger partial charge in [0.05, 0.1) is 29.5 Å². The van der Waals surface area contributed by atoms with Crippen molar-refractivity contribution in [3.05, 3.63) is 111 Å². The quantitative estimate of drug-likeness (QED) is 0.235. The summed E-state index contributed by atoms with van der Waals surface area (Å²) < 4.78 is 12.4. The van der Waals surface area contributed by atoms with Crippen molar-refractivity contribution in [2.24, 2.45) is 0 Å². The molecule has 8 heteroatoms. The second kappa shape index (κ2) is 12.2. The number of aryl methyl sites for hydroxylation is 2. The van der Waals surface area contributed by atoms with Crippen molar-refractivity contribution >= 4 is 0 Å². The van der Waals surface area contributed by atoms with E-state index in [0.717, 1.165) is 64.3 Å². The van der Waals surface area contributed by atoms with Crippen LogP contribution in [0.3, 0.4) is 0 Å². The van der Waals surface area contributed by atoms with Crippen LogP contribution in [0.5, 0.6) is 5.75 Å². The number of H-pyrrole nitrogens is 2. The summed E-state index contributed by atoms with van der Waals surface area (Å²) in [6.45, 7) is 8.43. The maximum absolute atomic E-state index is 14.0. The second-order valence-electron chi connectivity index (χ2n) is 10.4. The molecule has 0 aliphatic heterocycles. The van der Waals surface area contributed by atoms with Gasteiger partial charge in [0.25, 0.3) is 5.56 Å². The van der Waals surface area contributed by atoms with E-state index in [-0.39, 0.29) is 11.7 Å². The minimum absolute atomic E-state index is 0.0463. The molecule has 2 aromatic heterocycles. The Labute approximate surface area is 238 Å². The predicted octanol–water partition coefficient (Wildman–Crippen LogP) is 5.83. The topological polar surface area (TPSA) is 104 Å². The molecule has 41 heavy (non-hydrogen) atoms. The number of unbranched alkanes of at least 4 members (excludes halogenated alkanes) is 1. The highest BCUT2D eigenvalue weighted by Crippen LogP contribution is 2.29. The number of rotatable bonds is 10. The van der Waals surface area contributed by atoms with E-state index in [2.05, 4.69) is 17.1 Å². The lowest BCUT2D eigenvalue weighted by molar-refractivity contribution is -0.602. The molecule has 210 valence electrons. The van der Waals surface area contributed by atoms with Crippen LogP contribution in [-0.2, 0) is 13.0 Å². The number of nitrogens with one attached hydrogen (secondary N) is 2. The van der Waals surface area contributed by atoms with Crippen molar-refractivity contribution in [1.29, 1.82) is 0 Å². The smallest absolute Gasteiger partial charge is 0.491 e. The van der Waals surface area contributed by atoms with Crippen LogP contribution in [0.4, 0.5) is 0 Å². The van der Waals surface area contributed by atoms with Gasteiger partial charge >= 0.3 is 11.6 Å². The first-order valence-electron chi connectivity index (χ1n) is 14.0. The van der Waals surface area contributed by atoms with Crippen molar-refractivity contribution < 1.29 is 14.4 Å². The Morgan fingerprint density at radius 2 is 1.63 bits per heavy atom. The van der Waals surface area contributed by atoms with E-state index in [1.807, 2.05) is 98.1 Å². The molecule has 0 amide bonds. The summed E-state index contributed by atoms with van der Waals surface area (Å²) in [4.78, 5) is 33.1. The Kier molecular flexibility index (Phi) is 8.29. The van der Waals surface area contributed by atoms with Gasteiger partial charge in [0, 0.05) is 6.42 Å². The second-order valence-corrected chi connectivity index (χ2v) is 10.4. The molecule has 0 aliphatic carbocycles. The number of nitrogens with zero attached hydrogens (tertiary/aromatic N) is 2. The minimum Gasteiger partial charge on any atom is -0.491 e. The Balaban J connectivity index is 1.49. The standard InChI is InChI=1S/C33H34N4O4/c1-5-6-11-29-34-22(4)30(25-16-18-26(19-17-25)40-21(2)3)32(38)37(29)20-23-12-14-24(15-13-23)27-9-7-8-10-28(27)31-35-33(39)41-36-31/h7-10,12-19,21H,5-6,11,20H2,1-4H3,(H,35,36,39)/p+1. The number of aromatic nitrogens is 4. The fourth-order valence-electron chi connectivity index (χ4n) is 5.01. The lowest BCUT2D eigenvalue weighted by Crippen LogP contribution is -2.28. The summed E-state index contributed by atoms with van der Waals surface area (Å²) in [7, 11) is 0. The number of hydrogen-bond acceptors (Lipinski definition) is 5. The Hall–Kier alpha value is -4.72. The van der Waals surface area contributed by atoms with Gasteiger partial charge in [0.15, 0.2) is 0 Å². The molecule has 0 atom stereocenters. The van der Waals surface area contributed by atoms with E-state index in [4.69, 9.17) is 14.2 Å². The van der Waals surface area contributed by atoms with E-state index in [0.29, 0.717) is 17.9 Å². The van der Waals surface area contributed by atoms with Gasteiger partial charge in [-0.1, -0.05) is 73.1 Å². The van der Waals surface area contributed by atoms with Crippen molar-refractivity contribution in [3.8, 4) is 39.4 Å². The van der Waals surface area contributed by atoms with Crippen LogP contribution in [0.1, 0.15) is 50.7 Å². The third-order valence-corrected chi connectivity index (χ3v) is 6.97. The molecule has 2 N–H and O–H groups in total. The number of aromatic amines is 2. The van der Waals surface area contributed by atoms with Gasteiger partial charge in [0.1, 0.15) is 11.6 Å². The summed E-state index contributed by atoms with van der Waals surface area (Å²) in [5.74, 6) is 1.53. The SMILES string of the molecule is CCCCc1nc(C)c(-c2ccc(OC(C)C)cc2)c(=O)n1Cc1ccc(-c2ccccc2-c2[nH]c(=O)o[nH+]2)cc1. The van der Waals surface area contributed by atoms with E-state index in [1.54, 1.807) is 0 Å². The largest absolute Gasteiger partial charge is 0.547 e. The first-order valence-corrected chi connectivity index (χ1v) is 14.0. The van der Waals surface area contributed by atoms with E-state index in [1.165, 1.54) is 0 Å². The average Bonchev–Trinajstić information content (AvgIpc) is 3.40. The van der Waals surface area contributed by atoms with Crippen LogP contribution in [0, 0.1) is 6.92 Å². The molecule has 3 aromatic carbocycles. The fraction of sp³-hybridized carbons (Fsp3) is 0.273. The molecular formula is C33H35N4O4+. The Morgan fingerprint density at radius 3 is 2.27 bits per heavy atom. The third kappa shape index (κ3) is 6.22. The molecule has 0 radical (unpaired) electrons. The van der Waals surface area contributed by atoms with Gasteiger partial charge in [-0.25, -0.2) is 9.51 Å². The molecule has 0 unspecified atom stereocenters. The van der Waals surface area contributed by atoms with Crippen LogP contribution in [0.15, 0.2) is 86.9 Å². The Bertz CT molecular complexity index is 1750. The first-order chi connectivity index (χ1) is 19.8. The van der Waals surface area contributed by atoms with Gasteiger partial charge in [0.2, 0.25) is 0 Å². The molecule has 8 nitrogen and oxygen atoms in total. The molecule has 5 rings (SSSR count). The Morgan fingerprint density at radius 1 is 0.951 bits per heavy atom. The van der Waals surface area contributed by atoms with Gasteiger partial charge in [-0.2, -0.15) is 9.78 Å². The summed E-state index contributed by atoms with van der Waals surface area (Å²) in [5, 5.41) is 2.64. The highest BCUT2D eigenvalue weighted by molar-refractivity contribution is 5.79.